The van der Waals surface area contributed by atoms with E-state index in [1.165, 1.54) is 62.5 Å². The molecule has 0 spiro atoms. The largest absolute Gasteiger partial charge is 0.0625 e. The fraction of sp³-hybridized carbons (Fsp3) is 0.714. The van der Waals surface area contributed by atoms with E-state index >= 15 is 0 Å². The molecule has 0 radical (unpaired) electrons. The molecule has 0 atom stereocenters. The smallest absolute Gasteiger partial charge is 0.0162 e. The zero-order valence-electron chi connectivity index (χ0n) is 14.2. The van der Waals surface area contributed by atoms with Crippen molar-refractivity contribution in [3.63, 3.8) is 0 Å². The van der Waals surface area contributed by atoms with Gasteiger partial charge in [-0.1, -0.05) is 49.1 Å². The summed E-state index contributed by atoms with van der Waals surface area (Å²) in [6.45, 7) is 6.92. The van der Waals surface area contributed by atoms with Gasteiger partial charge in [-0.2, -0.15) is 0 Å². The van der Waals surface area contributed by atoms with Crippen LogP contribution in [0, 0.1) is 31.6 Å². The van der Waals surface area contributed by atoms with Crippen molar-refractivity contribution in [2.45, 2.75) is 78.1 Å². The molecule has 1 aromatic rings. The van der Waals surface area contributed by atoms with Crippen molar-refractivity contribution in [3.05, 3.63) is 34.9 Å². The minimum Gasteiger partial charge on any atom is -0.0625 e. The molecule has 0 bridgehead atoms. The molecule has 21 heavy (non-hydrogen) atoms. The van der Waals surface area contributed by atoms with Gasteiger partial charge < -0.3 is 0 Å². The number of hydrogen-bond donors (Lipinski definition) is 0. The Balaban J connectivity index is 1.57. The fourth-order valence-electron chi connectivity index (χ4n) is 4.93. The van der Waals surface area contributed by atoms with Gasteiger partial charge in [0.15, 0.2) is 0 Å². The molecule has 0 heteroatoms. The Bertz CT molecular complexity index is 437. The third-order valence-electron chi connectivity index (χ3n) is 6.21. The summed E-state index contributed by atoms with van der Waals surface area (Å²) in [6.07, 6.45) is 11.8. The van der Waals surface area contributed by atoms with Gasteiger partial charge in [-0.05, 0) is 81.6 Å². The Morgan fingerprint density at radius 1 is 0.667 bits per heavy atom. The first-order valence-corrected chi connectivity index (χ1v) is 9.20. The number of hydrogen-bond acceptors (Lipinski definition) is 0. The fourth-order valence-corrected chi connectivity index (χ4v) is 4.93. The molecule has 0 heterocycles. The molecule has 2 saturated carbocycles. The molecule has 0 aliphatic heterocycles. The van der Waals surface area contributed by atoms with E-state index in [9.17, 15) is 0 Å². The quantitative estimate of drug-likeness (QED) is 0.589. The predicted molar refractivity (Wildman–Crippen MR) is 91.7 cm³/mol. The lowest BCUT2D eigenvalue weighted by atomic mass is 9.68. The first-order valence-electron chi connectivity index (χ1n) is 9.20. The predicted octanol–water partition coefficient (Wildman–Crippen LogP) is 6.40. The number of rotatable bonds is 2. The van der Waals surface area contributed by atoms with E-state index in [-0.39, 0.29) is 0 Å². The molecule has 116 valence electrons. The maximum atomic E-state index is 2.44. The van der Waals surface area contributed by atoms with Crippen molar-refractivity contribution in [2.24, 2.45) is 17.8 Å². The minimum atomic E-state index is 0.836. The van der Waals surface area contributed by atoms with Crippen molar-refractivity contribution in [1.29, 1.82) is 0 Å². The monoisotopic (exact) mass is 284 g/mol. The van der Waals surface area contributed by atoms with Gasteiger partial charge in [-0.25, -0.2) is 0 Å². The molecular formula is C21H32. The van der Waals surface area contributed by atoms with Crippen molar-refractivity contribution >= 4 is 0 Å². The van der Waals surface area contributed by atoms with Crippen LogP contribution >= 0.6 is 0 Å². The molecule has 3 rings (SSSR count). The second-order valence-corrected chi connectivity index (χ2v) is 8.05. The van der Waals surface area contributed by atoms with Crippen LogP contribution in [0.15, 0.2) is 18.2 Å². The van der Waals surface area contributed by atoms with Gasteiger partial charge >= 0.3 is 0 Å². The lowest BCUT2D eigenvalue weighted by Crippen LogP contribution is -2.24. The molecule has 0 unspecified atom stereocenters. The van der Waals surface area contributed by atoms with Crippen LogP contribution in [-0.2, 0) is 0 Å². The first-order chi connectivity index (χ1) is 10.1. The van der Waals surface area contributed by atoms with Crippen LogP contribution in [0.2, 0.25) is 0 Å². The highest BCUT2D eigenvalue weighted by Gasteiger charge is 2.30. The second kappa shape index (κ2) is 6.55. The molecule has 0 nitrogen and oxygen atoms in total. The average molecular weight is 284 g/mol. The Hall–Kier alpha value is -0.780. The summed E-state index contributed by atoms with van der Waals surface area (Å²) in [5.41, 5.74) is 4.49. The van der Waals surface area contributed by atoms with Crippen LogP contribution in [0.3, 0.4) is 0 Å². The topological polar surface area (TPSA) is 0 Å². The Kier molecular flexibility index (Phi) is 4.72. The van der Waals surface area contributed by atoms with Gasteiger partial charge in [0, 0.05) is 0 Å². The zero-order chi connectivity index (χ0) is 14.8. The van der Waals surface area contributed by atoms with Crippen molar-refractivity contribution in [1.82, 2.24) is 0 Å². The Labute approximate surface area is 131 Å². The summed E-state index contributed by atoms with van der Waals surface area (Å²) in [7, 11) is 0. The molecule has 1 aromatic carbocycles. The summed E-state index contributed by atoms with van der Waals surface area (Å²) in [6, 6.07) is 7.17. The maximum absolute atomic E-state index is 2.44. The summed E-state index contributed by atoms with van der Waals surface area (Å²) >= 11 is 0. The van der Waals surface area contributed by atoms with E-state index in [4.69, 9.17) is 0 Å². The van der Waals surface area contributed by atoms with Gasteiger partial charge in [-0.3, -0.25) is 0 Å². The lowest BCUT2D eigenvalue weighted by molar-refractivity contribution is 0.165. The summed E-state index contributed by atoms with van der Waals surface area (Å²) < 4.78 is 0. The van der Waals surface area contributed by atoms with Crippen LogP contribution in [0.4, 0.5) is 0 Å². The van der Waals surface area contributed by atoms with E-state index < -0.39 is 0 Å². The van der Waals surface area contributed by atoms with Crippen LogP contribution in [0.25, 0.3) is 0 Å². The van der Waals surface area contributed by atoms with E-state index in [2.05, 4.69) is 39.0 Å². The SMILES string of the molecule is Cc1cc(C)cc(C2CCC(C3CCC(C)CC3)CC2)c1. The Morgan fingerprint density at radius 3 is 1.67 bits per heavy atom. The van der Waals surface area contributed by atoms with Crippen molar-refractivity contribution in [3.8, 4) is 0 Å². The molecule has 0 saturated heterocycles. The van der Waals surface area contributed by atoms with Crippen molar-refractivity contribution in [2.75, 3.05) is 0 Å². The molecule has 2 aliphatic rings. The van der Waals surface area contributed by atoms with Gasteiger partial charge in [0.2, 0.25) is 0 Å². The lowest BCUT2D eigenvalue weighted by Gasteiger charge is -2.37. The molecule has 0 N–H and O–H groups in total. The minimum absolute atomic E-state index is 0.836. The van der Waals surface area contributed by atoms with Gasteiger partial charge in [0.05, 0.1) is 0 Å². The number of benzene rings is 1. The molecular weight excluding hydrogens is 252 g/mol. The van der Waals surface area contributed by atoms with Crippen molar-refractivity contribution < 1.29 is 0 Å². The van der Waals surface area contributed by atoms with Gasteiger partial charge in [-0.15, -0.1) is 0 Å². The summed E-state index contributed by atoms with van der Waals surface area (Å²) in [5, 5.41) is 0. The number of aryl methyl sites for hydroxylation is 2. The normalized spacial score (nSPS) is 33.9. The average Bonchev–Trinajstić information content (AvgIpc) is 2.47. The molecule has 0 amide bonds. The van der Waals surface area contributed by atoms with Crippen LogP contribution in [0.5, 0.6) is 0 Å². The van der Waals surface area contributed by atoms with Crippen LogP contribution in [-0.4, -0.2) is 0 Å². The highest BCUT2D eigenvalue weighted by Crippen LogP contribution is 2.43. The van der Waals surface area contributed by atoms with Crippen LogP contribution in [0.1, 0.15) is 80.9 Å². The summed E-state index contributed by atoms with van der Waals surface area (Å²) in [4.78, 5) is 0. The second-order valence-electron chi connectivity index (χ2n) is 8.05. The van der Waals surface area contributed by atoms with Gasteiger partial charge in [0.1, 0.15) is 0 Å². The van der Waals surface area contributed by atoms with E-state index in [1.807, 2.05) is 0 Å². The van der Waals surface area contributed by atoms with Crippen LogP contribution < -0.4 is 0 Å². The Morgan fingerprint density at radius 2 is 1.14 bits per heavy atom. The molecule has 2 aliphatic carbocycles. The third kappa shape index (κ3) is 3.71. The zero-order valence-corrected chi connectivity index (χ0v) is 14.2. The first kappa shape index (κ1) is 15.1. The van der Waals surface area contributed by atoms with Gasteiger partial charge in [0.25, 0.3) is 0 Å². The molecule has 0 aromatic heterocycles. The molecule has 2 fully saturated rings. The maximum Gasteiger partial charge on any atom is -0.0162 e. The highest BCUT2D eigenvalue weighted by molar-refractivity contribution is 5.31. The van der Waals surface area contributed by atoms with E-state index in [0.29, 0.717) is 0 Å². The van der Waals surface area contributed by atoms with E-state index in [0.717, 1.165) is 23.7 Å². The van der Waals surface area contributed by atoms with E-state index in [1.54, 1.807) is 5.56 Å². The third-order valence-corrected chi connectivity index (χ3v) is 6.21. The summed E-state index contributed by atoms with van der Waals surface area (Å²) in [5.74, 6) is 3.93. The standard InChI is InChI=1S/C21H32/c1-15-4-6-18(7-5-15)19-8-10-20(11-9-19)21-13-16(2)12-17(3)14-21/h12-15,18-20H,4-11H2,1-3H3. The highest BCUT2D eigenvalue weighted by atomic mass is 14.4.